The summed E-state index contributed by atoms with van der Waals surface area (Å²) in [6, 6.07) is -0.995. The van der Waals surface area contributed by atoms with Gasteiger partial charge in [-0.1, -0.05) is 5.16 Å². The molecule has 1 saturated heterocycles. The van der Waals surface area contributed by atoms with Gasteiger partial charge < -0.3 is 30.5 Å². The number of thioether (sulfide) groups is 1. The number of nitrogen functional groups attached to an aromatic ring is 1. The Kier molecular flexibility index (Phi) is 8.48. The fraction of sp³-hybridized carbons (Fsp3) is 0.375. The summed E-state index contributed by atoms with van der Waals surface area (Å²) in [4.78, 5) is 57.5. The number of carbonyl (C=O) groups excluding carboxylic acids is 4. The number of esters is 1. The summed E-state index contributed by atoms with van der Waals surface area (Å²) in [6.45, 7) is 0.919. The molecule has 1 aromatic rings. The number of fused-ring (bicyclic) bond motifs is 1. The second-order valence-electron chi connectivity index (χ2n) is 6.07. The molecule has 0 bridgehead atoms. The zero-order valence-corrected chi connectivity index (χ0v) is 20.4. The number of carboxylic acids is 1. The van der Waals surface area contributed by atoms with Crippen LogP contribution in [0.15, 0.2) is 21.8 Å². The Morgan fingerprint density at radius 2 is 2.16 bits per heavy atom. The first-order chi connectivity index (χ1) is 14.2. The molecule has 2 aliphatic heterocycles. The summed E-state index contributed by atoms with van der Waals surface area (Å²) in [5.74, 6) is -3.35. The number of rotatable bonds is 7. The summed E-state index contributed by atoms with van der Waals surface area (Å²) in [5.41, 5.74) is 5.46. The number of nitrogens with one attached hydrogen (secondary N) is 1. The van der Waals surface area contributed by atoms with Gasteiger partial charge >= 0.3 is 35.5 Å². The number of nitrogens with zero attached hydrogens (tertiary/aromatic N) is 3. The topological polar surface area (TPSA) is 176 Å². The Labute approximate surface area is 206 Å². The fourth-order valence-electron chi connectivity index (χ4n) is 2.87. The van der Waals surface area contributed by atoms with Gasteiger partial charge in [-0.3, -0.25) is 19.3 Å². The van der Waals surface area contributed by atoms with Crippen LogP contribution in [-0.4, -0.2) is 70.2 Å². The van der Waals surface area contributed by atoms with Crippen LogP contribution in [0.4, 0.5) is 5.13 Å². The molecule has 31 heavy (non-hydrogen) atoms. The molecule has 0 aromatic carbocycles. The Morgan fingerprint density at radius 3 is 2.71 bits per heavy atom. The first-order valence-corrected chi connectivity index (χ1v) is 10.3. The summed E-state index contributed by atoms with van der Waals surface area (Å²) < 4.78 is 4.85. The number of ether oxygens (including phenoxy) is 1. The van der Waals surface area contributed by atoms with Crippen molar-refractivity contribution in [2.75, 3.05) is 25.2 Å². The quantitative estimate of drug-likeness (QED) is 0.127. The minimum Gasteiger partial charge on any atom is -0.543 e. The van der Waals surface area contributed by atoms with Crippen LogP contribution >= 0.6 is 23.1 Å². The van der Waals surface area contributed by atoms with Gasteiger partial charge in [0.25, 0.3) is 11.8 Å². The molecule has 0 aliphatic carbocycles. The number of hydrogen-bond acceptors (Lipinski definition) is 12. The number of amides is 2. The fourth-order valence-corrected chi connectivity index (χ4v) is 4.75. The first-order valence-electron chi connectivity index (χ1n) is 8.39. The molecule has 1 aromatic heterocycles. The maximum Gasteiger partial charge on any atom is 1.00 e. The van der Waals surface area contributed by atoms with Gasteiger partial charge in [0.2, 0.25) is 0 Å². The van der Waals surface area contributed by atoms with Gasteiger partial charge in [-0.2, -0.15) is 0 Å². The van der Waals surface area contributed by atoms with E-state index in [0.29, 0.717) is 0 Å². The van der Waals surface area contributed by atoms with Gasteiger partial charge in [-0.05, 0) is 0 Å². The molecule has 2 aliphatic rings. The van der Waals surface area contributed by atoms with Crippen molar-refractivity contribution in [3.63, 3.8) is 0 Å². The van der Waals surface area contributed by atoms with Gasteiger partial charge in [0, 0.05) is 23.6 Å². The van der Waals surface area contributed by atoms with Crippen molar-refractivity contribution in [3.05, 3.63) is 22.3 Å². The van der Waals surface area contributed by atoms with Crippen molar-refractivity contribution in [1.82, 2.24) is 15.2 Å². The molecule has 2 amide bonds. The Hall–Kier alpha value is -2.13. The smallest absolute Gasteiger partial charge is 0.543 e. The first kappa shape index (κ1) is 25.1. The molecule has 2 atom stereocenters. The Balaban J connectivity index is 0.00000341. The molecule has 1 fully saturated rings. The summed E-state index contributed by atoms with van der Waals surface area (Å²) in [6.07, 6.45) is 0. The molecule has 3 rings (SSSR count). The van der Waals surface area contributed by atoms with E-state index < -0.39 is 35.2 Å². The third-order valence-corrected chi connectivity index (χ3v) is 6.15. The van der Waals surface area contributed by atoms with Crippen LogP contribution in [0.25, 0.3) is 0 Å². The number of aliphatic carboxylic acids is 1. The Bertz CT molecular complexity index is 979. The van der Waals surface area contributed by atoms with Crippen LogP contribution < -0.4 is 45.7 Å². The predicted octanol–water partition coefficient (Wildman–Crippen LogP) is -4.95. The van der Waals surface area contributed by atoms with Gasteiger partial charge in [-0.15, -0.1) is 23.1 Å². The van der Waals surface area contributed by atoms with E-state index in [0.717, 1.165) is 16.2 Å². The van der Waals surface area contributed by atoms with Crippen molar-refractivity contribution in [2.45, 2.75) is 18.3 Å². The van der Waals surface area contributed by atoms with Gasteiger partial charge in [0.15, 0.2) is 10.8 Å². The van der Waals surface area contributed by atoms with Crippen LogP contribution in [-0.2, 0) is 28.8 Å². The monoisotopic (exact) mass is 477 g/mol. The van der Waals surface area contributed by atoms with E-state index in [2.05, 4.69) is 20.3 Å². The molecule has 0 radical (unpaired) electrons. The summed E-state index contributed by atoms with van der Waals surface area (Å²) in [5, 5.41) is 18.8. The van der Waals surface area contributed by atoms with Crippen molar-refractivity contribution >= 4 is 57.7 Å². The zero-order chi connectivity index (χ0) is 22.0. The third-order valence-electron chi connectivity index (χ3n) is 4.14. The van der Waals surface area contributed by atoms with E-state index in [1.807, 2.05) is 0 Å². The van der Waals surface area contributed by atoms with Crippen molar-refractivity contribution in [3.8, 4) is 0 Å². The molecule has 3 heterocycles. The second kappa shape index (κ2) is 10.5. The molecule has 0 saturated carbocycles. The maximum atomic E-state index is 12.6. The SMILES string of the molecule is CON=C(C(=O)N[C@@H]1C(=O)N2C(C(=O)[O-])=C(COC(C)=O)CS[C@@H]12)c1csc(N)n1.[Na+]. The Morgan fingerprint density at radius 1 is 1.45 bits per heavy atom. The average molecular weight is 477 g/mol. The summed E-state index contributed by atoms with van der Waals surface area (Å²) in [7, 11) is 1.25. The predicted molar refractivity (Wildman–Crippen MR) is 104 cm³/mol. The van der Waals surface area contributed by atoms with Gasteiger partial charge in [-0.25, -0.2) is 4.98 Å². The maximum absolute atomic E-state index is 12.6. The van der Waals surface area contributed by atoms with Crippen molar-refractivity contribution in [1.29, 1.82) is 0 Å². The van der Waals surface area contributed by atoms with E-state index >= 15 is 0 Å². The van der Waals surface area contributed by atoms with E-state index in [9.17, 15) is 24.3 Å². The van der Waals surface area contributed by atoms with E-state index in [-0.39, 0.29) is 69.7 Å². The van der Waals surface area contributed by atoms with Gasteiger partial charge in [0.05, 0.1) is 11.7 Å². The number of nitrogens with two attached hydrogens (primary N) is 1. The van der Waals surface area contributed by atoms with E-state index in [4.69, 9.17) is 10.5 Å². The standard InChI is InChI=1S/C16H17N5O7S2.Na/c1-6(22)28-3-7-4-29-14-10(13(24)21(14)11(7)15(25)26)19-12(23)9(20-27-2)8-5-30-16(17)18-8;/h5,10,14H,3-4H2,1-2H3,(H2,17,18)(H,19,23)(H,25,26);/q;+1/p-1/t10-,14+;/m1./s1. The average Bonchev–Trinajstić information content (AvgIpc) is 3.13. The third kappa shape index (κ3) is 5.20. The number of hydrogen-bond donors (Lipinski definition) is 2. The van der Waals surface area contributed by atoms with Crippen LogP contribution in [0.5, 0.6) is 0 Å². The van der Waals surface area contributed by atoms with Gasteiger partial charge in [0.1, 0.15) is 30.8 Å². The van der Waals surface area contributed by atoms with Crippen molar-refractivity contribution < 1.29 is 63.4 Å². The molecule has 12 nitrogen and oxygen atoms in total. The largest absolute Gasteiger partial charge is 1.00 e. The summed E-state index contributed by atoms with van der Waals surface area (Å²) >= 11 is 2.32. The zero-order valence-electron chi connectivity index (χ0n) is 16.7. The number of thiazole rings is 1. The number of β-lactam (4-membered cyclic amide) rings is 1. The molecule has 0 unspecified atom stereocenters. The number of oxime groups is 1. The van der Waals surface area contributed by atoms with Crippen LogP contribution in [0.3, 0.4) is 0 Å². The molecule has 15 heteroatoms. The number of aromatic nitrogens is 1. The normalized spacial score (nSPS) is 20.3. The van der Waals surface area contributed by atoms with Crippen molar-refractivity contribution in [2.24, 2.45) is 5.16 Å². The molecule has 160 valence electrons. The number of anilines is 1. The number of carbonyl (C=O) groups is 4. The van der Waals surface area contributed by atoms with E-state index in [1.54, 1.807) is 0 Å². The molecule has 0 spiro atoms. The number of carboxylic acid groups (broad SMARTS) is 1. The molecular weight excluding hydrogens is 461 g/mol. The van der Waals surface area contributed by atoms with E-state index in [1.165, 1.54) is 31.2 Å². The van der Waals surface area contributed by atoms with Crippen LogP contribution in [0.2, 0.25) is 0 Å². The minimum absolute atomic E-state index is 0. The molecule has 3 N–H and O–H groups in total. The second-order valence-corrected chi connectivity index (χ2v) is 8.07. The van der Waals surface area contributed by atoms with Crippen LogP contribution in [0.1, 0.15) is 12.6 Å². The minimum atomic E-state index is -1.57. The van der Waals surface area contributed by atoms with Crippen LogP contribution in [0, 0.1) is 0 Å². The molecular formula is C16H16N5NaO7S2.